The summed E-state index contributed by atoms with van der Waals surface area (Å²) in [7, 11) is -1.41. The zero-order valence-corrected chi connectivity index (χ0v) is 15.7. The Morgan fingerprint density at radius 3 is 2.35 bits per heavy atom. The van der Waals surface area contributed by atoms with Crippen LogP contribution in [0.4, 0.5) is 10.7 Å². The van der Waals surface area contributed by atoms with E-state index in [9.17, 15) is 8.42 Å². The molecule has 1 aromatic heterocycles. The predicted octanol–water partition coefficient (Wildman–Crippen LogP) is 4.08. The molecule has 23 heavy (non-hydrogen) atoms. The van der Waals surface area contributed by atoms with Gasteiger partial charge in [0.15, 0.2) is 0 Å². The van der Waals surface area contributed by atoms with Gasteiger partial charge < -0.3 is 4.90 Å². The van der Waals surface area contributed by atoms with Crippen LogP contribution in [0.2, 0.25) is 0 Å². The van der Waals surface area contributed by atoms with Crippen LogP contribution in [-0.4, -0.2) is 22.0 Å². The number of nitrogens with zero attached hydrogens (tertiary/aromatic N) is 1. The lowest BCUT2D eigenvalue weighted by Gasteiger charge is -2.26. The highest BCUT2D eigenvalue weighted by Crippen LogP contribution is 2.32. The van der Waals surface area contributed by atoms with Gasteiger partial charge in [0, 0.05) is 19.3 Å². The monoisotopic (exact) mass is 352 g/mol. The summed E-state index contributed by atoms with van der Waals surface area (Å²) >= 11 is 1.67. The predicted molar refractivity (Wildman–Crippen MR) is 99.1 cm³/mol. The Morgan fingerprint density at radius 2 is 1.83 bits per heavy atom. The van der Waals surface area contributed by atoms with Gasteiger partial charge in [-0.05, 0) is 55.5 Å². The molecule has 0 fully saturated rings. The van der Waals surface area contributed by atoms with Crippen molar-refractivity contribution < 1.29 is 8.42 Å². The lowest BCUT2D eigenvalue weighted by molar-refractivity contribution is 0.539. The van der Waals surface area contributed by atoms with Gasteiger partial charge in [0.1, 0.15) is 4.75 Å². The van der Waals surface area contributed by atoms with E-state index >= 15 is 0 Å². The Labute approximate surface area is 143 Å². The Hall–Kier alpha value is -1.37. The van der Waals surface area contributed by atoms with E-state index in [1.165, 1.54) is 0 Å². The molecule has 2 rings (SSSR count). The third kappa shape index (κ3) is 3.76. The maximum atomic E-state index is 12.5. The first kappa shape index (κ1) is 18.0. The highest BCUT2D eigenvalue weighted by atomic mass is 32.2. The molecule has 0 saturated carbocycles. The van der Waals surface area contributed by atoms with E-state index in [4.69, 9.17) is 0 Å². The van der Waals surface area contributed by atoms with Crippen LogP contribution in [0.15, 0.2) is 41.8 Å². The Morgan fingerprint density at radius 1 is 1.17 bits per heavy atom. The molecule has 0 radical (unpaired) electrons. The van der Waals surface area contributed by atoms with Gasteiger partial charge in [-0.3, -0.25) is 0 Å². The molecular weight excluding hydrogens is 328 g/mol. The van der Waals surface area contributed by atoms with Crippen molar-refractivity contribution in [1.82, 2.24) is 4.72 Å². The number of thiophene rings is 1. The van der Waals surface area contributed by atoms with Crippen molar-refractivity contribution in [3.63, 3.8) is 0 Å². The van der Waals surface area contributed by atoms with Gasteiger partial charge in [0.2, 0.25) is 10.0 Å². The number of hydrogen-bond acceptors (Lipinski definition) is 4. The molecule has 2 aromatic rings. The van der Waals surface area contributed by atoms with Gasteiger partial charge >= 0.3 is 0 Å². The maximum absolute atomic E-state index is 12.5. The fraction of sp³-hybridized carbons (Fsp3) is 0.412. The van der Waals surface area contributed by atoms with Crippen molar-refractivity contribution in [2.45, 2.75) is 31.9 Å². The minimum absolute atomic E-state index is 0.463. The molecule has 0 atom stereocenters. The van der Waals surface area contributed by atoms with E-state index in [1.54, 1.807) is 25.2 Å². The number of anilines is 2. The summed E-state index contributed by atoms with van der Waals surface area (Å²) in [6.45, 7) is 5.89. The van der Waals surface area contributed by atoms with E-state index in [0.29, 0.717) is 6.54 Å². The number of sulfonamides is 1. The Bertz CT molecular complexity index is 720. The number of hydrogen-bond donors (Lipinski definition) is 1. The van der Waals surface area contributed by atoms with Crippen LogP contribution in [0, 0.1) is 0 Å². The molecule has 0 aliphatic heterocycles. The van der Waals surface area contributed by atoms with Crippen LogP contribution >= 0.6 is 11.3 Å². The first-order valence-electron chi connectivity index (χ1n) is 7.66. The highest BCUT2D eigenvalue weighted by molar-refractivity contribution is 7.90. The molecule has 0 aliphatic rings. The van der Waals surface area contributed by atoms with Crippen LogP contribution in [0.25, 0.3) is 0 Å². The molecule has 1 N–H and O–H groups in total. The molecule has 1 aromatic carbocycles. The van der Waals surface area contributed by atoms with Crippen molar-refractivity contribution in [2.75, 3.05) is 18.5 Å². The fourth-order valence-corrected chi connectivity index (χ4v) is 4.24. The molecule has 126 valence electrons. The molecule has 0 amide bonds. The van der Waals surface area contributed by atoms with E-state index < -0.39 is 14.8 Å². The minimum atomic E-state index is -3.41. The van der Waals surface area contributed by atoms with Crippen LogP contribution in [0.3, 0.4) is 0 Å². The topological polar surface area (TPSA) is 49.4 Å². The molecule has 4 nitrogen and oxygen atoms in total. The summed E-state index contributed by atoms with van der Waals surface area (Å²) in [5.41, 5.74) is 1.82. The Kier molecular flexibility index (Phi) is 5.49. The molecular formula is C17H24N2O2S2. The normalized spacial score (nSPS) is 12.3. The van der Waals surface area contributed by atoms with E-state index in [0.717, 1.165) is 22.7 Å². The lowest BCUT2D eigenvalue weighted by atomic mass is 10.0. The average Bonchev–Trinajstić information content (AvgIpc) is 3.06. The van der Waals surface area contributed by atoms with Gasteiger partial charge in [0.25, 0.3) is 0 Å². The third-order valence-corrected chi connectivity index (χ3v) is 7.11. The van der Waals surface area contributed by atoms with Gasteiger partial charge in [0.05, 0.1) is 5.00 Å². The standard InChI is InChI=1S/C17H24N2O2S2/c1-5-12-18-23(20,21)17(2,3)14-8-10-15(11-9-14)19(4)16-7-6-13-22-16/h6-11,13,18H,5,12H2,1-4H3. The first-order chi connectivity index (χ1) is 10.8. The zero-order chi connectivity index (χ0) is 17.1. The van der Waals surface area contributed by atoms with E-state index in [1.807, 2.05) is 49.7 Å². The number of benzene rings is 1. The van der Waals surface area contributed by atoms with E-state index in [-0.39, 0.29) is 0 Å². The quantitative estimate of drug-likeness (QED) is 0.817. The first-order valence-corrected chi connectivity index (χ1v) is 10.0. The fourth-order valence-electron chi connectivity index (χ4n) is 2.25. The van der Waals surface area contributed by atoms with Crippen molar-refractivity contribution in [1.29, 1.82) is 0 Å². The van der Waals surface area contributed by atoms with Gasteiger partial charge in [-0.2, -0.15) is 0 Å². The molecule has 0 spiro atoms. The third-order valence-electron chi connectivity index (χ3n) is 4.00. The van der Waals surface area contributed by atoms with Gasteiger partial charge in [-0.1, -0.05) is 19.1 Å². The van der Waals surface area contributed by atoms with Crippen LogP contribution < -0.4 is 9.62 Å². The van der Waals surface area contributed by atoms with Crippen LogP contribution in [0.1, 0.15) is 32.8 Å². The molecule has 0 bridgehead atoms. The minimum Gasteiger partial charge on any atom is -0.336 e. The molecule has 6 heteroatoms. The Balaban J connectivity index is 2.24. The summed E-state index contributed by atoms with van der Waals surface area (Å²) < 4.78 is 26.7. The molecule has 0 unspecified atom stereocenters. The van der Waals surface area contributed by atoms with Crippen molar-refractivity contribution >= 4 is 32.0 Å². The zero-order valence-electron chi connectivity index (χ0n) is 14.0. The van der Waals surface area contributed by atoms with Crippen molar-refractivity contribution in [3.8, 4) is 0 Å². The van der Waals surface area contributed by atoms with Crippen LogP contribution in [0.5, 0.6) is 0 Å². The van der Waals surface area contributed by atoms with Crippen molar-refractivity contribution in [3.05, 3.63) is 47.3 Å². The van der Waals surface area contributed by atoms with E-state index in [2.05, 4.69) is 15.7 Å². The SMILES string of the molecule is CCCNS(=O)(=O)C(C)(C)c1ccc(N(C)c2cccs2)cc1. The average molecular weight is 353 g/mol. The van der Waals surface area contributed by atoms with Gasteiger partial charge in [-0.15, -0.1) is 11.3 Å². The summed E-state index contributed by atoms with van der Waals surface area (Å²) in [6, 6.07) is 11.8. The summed E-state index contributed by atoms with van der Waals surface area (Å²) in [4.78, 5) is 2.09. The number of rotatable bonds is 7. The molecule has 0 aliphatic carbocycles. The van der Waals surface area contributed by atoms with Gasteiger partial charge in [-0.25, -0.2) is 13.1 Å². The second-order valence-electron chi connectivity index (χ2n) is 5.97. The smallest absolute Gasteiger partial charge is 0.221 e. The lowest BCUT2D eigenvalue weighted by Crippen LogP contribution is -2.40. The molecule has 0 saturated heterocycles. The second kappa shape index (κ2) is 7.03. The summed E-state index contributed by atoms with van der Waals surface area (Å²) in [5, 5.41) is 3.18. The summed E-state index contributed by atoms with van der Waals surface area (Å²) in [5.74, 6) is 0. The van der Waals surface area contributed by atoms with Crippen molar-refractivity contribution in [2.24, 2.45) is 0 Å². The number of nitrogens with one attached hydrogen (secondary N) is 1. The van der Waals surface area contributed by atoms with Crippen LogP contribution in [-0.2, 0) is 14.8 Å². The highest BCUT2D eigenvalue weighted by Gasteiger charge is 2.35. The second-order valence-corrected chi connectivity index (χ2v) is 9.21. The summed E-state index contributed by atoms with van der Waals surface area (Å²) in [6.07, 6.45) is 0.778. The maximum Gasteiger partial charge on any atom is 0.221 e. The largest absolute Gasteiger partial charge is 0.336 e. The molecule has 1 heterocycles.